The van der Waals surface area contributed by atoms with Crippen molar-refractivity contribution in [2.45, 2.75) is 31.0 Å². The Labute approximate surface area is 125 Å². The number of hydrogen-bond acceptors (Lipinski definition) is 4. The number of rotatable bonds is 7. The second-order valence-corrected chi connectivity index (χ2v) is 6.45. The summed E-state index contributed by atoms with van der Waals surface area (Å²) in [5, 5.41) is 0.0239. The van der Waals surface area contributed by atoms with E-state index in [0.29, 0.717) is 13.0 Å². The van der Waals surface area contributed by atoms with Gasteiger partial charge in [0.05, 0.1) is 6.33 Å². The SMILES string of the molecule is CCn1cnc(S(=O)(=O)NC(CN)Cc2ccccc2)c1. The second kappa shape index (κ2) is 6.84. The molecule has 0 spiro atoms. The van der Waals surface area contributed by atoms with Gasteiger partial charge in [0, 0.05) is 25.3 Å². The van der Waals surface area contributed by atoms with Crippen LogP contribution in [0.5, 0.6) is 0 Å². The van der Waals surface area contributed by atoms with Gasteiger partial charge in [-0.1, -0.05) is 30.3 Å². The smallest absolute Gasteiger partial charge is 0.259 e. The molecule has 0 aliphatic heterocycles. The van der Waals surface area contributed by atoms with E-state index in [1.54, 1.807) is 4.57 Å². The van der Waals surface area contributed by atoms with Crippen molar-refractivity contribution in [1.82, 2.24) is 14.3 Å². The lowest BCUT2D eigenvalue weighted by molar-refractivity contribution is 0.545. The second-order valence-electron chi connectivity index (χ2n) is 4.79. The molecule has 7 heteroatoms. The number of nitrogens with two attached hydrogens (primary N) is 1. The quantitative estimate of drug-likeness (QED) is 0.790. The summed E-state index contributed by atoms with van der Waals surface area (Å²) in [5.74, 6) is 0. The molecule has 0 amide bonds. The van der Waals surface area contributed by atoms with Crippen LogP contribution in [0.4, 0.5) is 0 Å². The molecular formula is C14H20N4O2S. The van der Waals surface area contributed by atoms with Gasteiger partial charge in [0.2, 0.25) is 0 Å². The number of nitrogens with zero attached hydrogens (tertiary/aromatic N) is 2. The predicted octanol–water partition coefficient (Wildman–Crippen LogP) is 0.751. The van der Waals surface area contributed by atoms with Crippen molar-refractivity contribution in [2.75, 3.05) is 6.54 Å². The van der Waals surface area contributed by atoms with Crippen molar-refractivity contribution in [3.05, 3.63) is 48.4 Å². The lowest BCUT2D eigenvalue weighted by atomic mass is 10.1. The molecule has 0 saturated heterocycles. The van der Waals surface area contributed by atoms with Gasteiger partial charge in [-0.15, -0.1) is 0 Å². The number of hydrogen-bond donors (Lipinski definition) is 2. The molecule has 1 heterocycles. The fourth-order valence-electron chi connectivity index (χ4n) is 2.00. The molecular weight excluding hydrogens is 288 g/mol. The molecule has 0 saturated carbocycles. The van der Waals surface area contributed by atoms with Gasteiger partial charge in [-0.25, -0.2) is 18.1 Å². The Kier molecular flexibility index (Phi) is 5.11. The summed E-state index contributed by atoms with van der Waals surface area (Å²) in [4.78, 5) is 3.92. The summed E-state index contributed by atoms with van der Waals surface area (Å²) in [5.41, 5.74) is 6.72. The van der Waals surface area contributed by atoms with Crippen LogP contribution in [0.3, 0.4) is 0 Å². The highest BCUT2D eigenvalue weighted by Gasteiger charge is 2.21. The van der Waals surface area contributed by atoms with Gasteiger partial charge in [0.15, 0.2) is 5.03 Å². The molecule has 6 nitrogen and oxygen atoms in total. The van der Waals surface area contributed by atoms with Crippen molar-refractivity contribution in [3.63, 3.8) is 0 Å². The molecule has 114 valence electrons. The molecule has 0 fully saturated rings. The van der Waals surface area contributed by atoms with E-state index in [2.05, 4.69) is 9.71 Å². The molecule has 1 aromatic carbocycles. The van der Waals surface area contributed by atoms with Gasteiger partial charge < -0.3 is 10.3 Å². The van der Waals surface area contributed by atoms with E-state index in [1.807, 2.05) is 37.3 Å². The average Bonchev–Trinajstić information content (AvgIpc) is 2.97. The predicted molar refractivity (Wildman–Crippen MR) is 81.2 cm³/mol. The summed E-state index contributed by atoms with van der Waals surface area (Å²) >= 11 is 0. The standard InChI is InChI=1S/C14H20N4O2S/c1-2-18-10-14(16-11-18)21(19,20)17-13(9-15)8-12-6-4-3-5-7-12/h3-7,10-11,13,17H,2,8-9,15H2,1H3. The van der Waals surface area contributed by atoms with Crippen LogP contribution in [0.1, 0.15) is 12.5 Å². The van der Waals surface area contributed by atoms with Gasteiger partial charge in [-0.3, -0.25) is 0 Å². The highest BCUT2D eigenvalue weighted by molar-refractivity contribution is 7.89. The summed E-state index contributed by atoms with van der Waals surface area (Å²) in [6.07, 6.45) is 3.56. The van der Waals surface area contributed by atoms with E-state index in [-0.39, 0.29) is 17.6 Å². The van der Waals surface area contributed by atoms with E-state index >= 15 is 0 Å². The number of aryl methyl sites for hydroxylation is 1. The largest absolute Gasteiger partial charge is 0.336 e. The van der Waals surface area contributed by atoms with Crippen LogP contribution in [0.15, 0.2) is 47.9 Å². The maximum absolute atomic E-state index is 12.3. The lowest BCUT2D eigenvalue weighted by Gasteiger charge is -2.16. The van der Waals surface area contributed by atoms with Crippen molar-refractivity contribution < 1.29 is 8.42 Å². The molecule has 2 rings (SSSR count). The zero-order valence-electron chi connectivity index (χ0n) is 11.9. The maximum atomic E-state index is 12.3. The highest BCUT2D eigenvalue weighted by Crippen LogP contribution is 2.08. The minimum atomic E-state index is -3.64. The Balaban J connectivity index is 2.10. The Bertz CT molecular complexity index is 667. The van der Waals surface area contributed by atoms with E-state index < -0.39 is 10.0 Å². The van der Waals surface area contributed by atoms with Crippen LogP contribution in [-0.2, 0) is 23.0 Å². The molecule has 0 aliphatic carbocycles. The molecule has 3 N–H and O–H groups in total. The minimum absolute atomic E-state index is 0.0239. The third-order valence-corrected chi connectivity index (χ3v) is 4.59. The number of aromatic nitrogens is 2. The van der Waals surface area contributed by atoms with Crippen molar-refractivity contribution in [1.29, 1.82) is 0 Å². The Morgan fingerprint density at radius 2 is 2.05 bits per heavy atom. The van der Waals surface area contributed by atoms with Crippen LogP contribution in [-0.4, -0.2) is 30.6 Å². The Morgan fingerprint density at radius 3 is 2.62 bits per heavy atom. The molecule has 2 aromatic rings. The zero-order valence-corrected chi connectivity index (χ0v) is 12.8. The van der Waals surface area contributed by atoms with E-state index in [0.717, 1.165) is 5.56 Å². The Morgan fingerprint density at radius 1 is 1.33 bits per heavy atom. The summed E-state index contributed by atoms with van der Waals surface area (Å²) < 4.78 is 28.9. The number of sulfonamides is 1. The first-order valence-corrected chi connectivity index (χ1v) is 8.31. The Hall–Kier alpha value is -1.70. The zero-order chi connectivity index (χ0) is 15.3. The van der Waals surface area contributed by atoms with E-state index in [9.17, 15) is 8.42 Å². The maximum Gasteiger partial charge on any atom is 0.259 e. The van der Waals surface area contributed by atoms with Gasteiger partial charge in [-0.2, -0.15) is 0 Å². The molecule has 1 aromatic heterocycles. The van der Waals surface area contributed by atoms with Gasteiger partial charge >= 0.3 is 0 Å². The topological polar surface area (TPSA) is 90.0 Å². The third kappa shape index (κ3) is 4.13. The van der Waals surface area contributed by atoms with Gasteiger partial charge in [-0.05, 0) is 18.9 Å². The summed E-state index contributed by atoms with van der Waals surface area (Å²) in [6.45, 7) is 2.82. The first-order valence-electron chi connectivity index (χ1n) is 6.83. The minimum Gasteiger partial charge on any atom is -0.336 e. The summed E-state index contributed by atoms with van der Waals surface area (Å²) in [7, 11) is -3.64. The van der Waals surface area contributed by atoms with Crippen molar-refractivity contribution in [3.8, 4) is 0 Å². The van der Waals surface area contributed by atoms with Crippen LogP contribution >= 0.6 is 0 Å². The normalized spacial score (nSPS) is 13.2. The number of benzene rings is 1. The third-order valence-electron chi connectivity index (χ3n) is 3.18. The molecule has 0 aliphatic rings. The van der Waals surface area contributed by atoms with Crippen molar-refractivity contribution >= 4 is 10.0 Å². The molecule has 1 unspecified atom stereocenters. The van der Waals surface area contributed by atoms with Crippen molar-refractivity contribution in [2.24, 2.45) is 5.73 Å². The fourth-order valence-corrected chi connectivity index (χ4v) is 3.20. The fraction of sp³-hybridized carbons (Fsp3) is 0.357. The van der Waals surface area contributed by atoms with Gasteiger partial charge in [0.1, 0.15) is 0 Å². The summed E-state index contributed by atoms with van der Waals surface area (Å²) in [6, 6.07) is 9.29. The van der Waals surface area contributed by atoms with E-state index in [4.69, 9.17) is 5.73 Å². The number of imidazole rings is 1. The first-order chi connectivity index (χ1) is 10.0. The number of nitrogens with one attached hydrogen (secondary N) is 1. The molecule has 21 heavy (non-hydrogen) atoms. The lowest BCUT2D eigenvalue weighted by Crippen LogP contribution is -2.41. The molecule has 0 radical (unpaired) electrons. The molecule has 0 bridgehead atoms. The van der Waals surface area contributed by atoms with Crippen LogP contribution in [0.2, 0.25) is 0 Å². The monoisotopic (exact) mass is 308 g/mol. The van der Waals surface area contributed by atoms with Crippen LogP contribution < -0.4 is 10.5 Å². The average molecular weight is 308 g/mol. The van der Waals surface area contributed by atoms with Gasteiger partial charge in [0.25, 0.3) is 10.0 Å². The first kappa shape index (κ1) is 15.7. The van der Waals surface area contributed by atoms with Crippen LogP contribution in [0.25, 0.3) is 0 Å². The van der Waals surface area contributed by atoms with Crippen LogP contribution in [0, 0.1) is 0 Å². The molecule has 1 atom stereocenters. The van der Waals surface area contributed by atoms with E-state index in [1.165, 1.54) is 12.5 Å². The highest BCUT2D eigenvalue weighted by atomic mass is 32.2.